The molecule has 4 aromatic rings. The van der Waals surface area contributed by atoms with Gasteiger partial charge in [-0.1, -0.05) is 54.1 Å². The van der Waals surface area contributed by atoms with E-state index in [0.29, 0.717) is 5.02 Å². The summed E-state index contributed by atoms with van der Waals surface area (Å²) in [5, 5.41) is 17.5. The van der Waals surface area contributed by atoms with Crippen LogP contribution < -0.4 is 10.0 Å². The molecule has 0 unspecified atom stereocenters. The van der Waals surface area contributed by atoms with Gasteiger partial charge in [0.2, 0.25) is 15.8 Å². The van der Waals surface area contributed by atoms with Crippen molar-refractivity contribution in [3.63, 3.8) is 0 Å². The number of primary sulfonamides is 1. The minimum Gasteiger partial charge on any atom is -0.369 e. The predicted molar refractivity (Wildman–Crippen MR) is 159 cm³/mol. The normalized spacial score (nSPS) is 14.1. The Labute approximate surface area is 243 Å². The maximum Gasteiger partial charge on any atom is 0.281 e. The van der Waals surface area contributed by atoms with Crippen LogP contribution in [0.25, 0.3) is 11.1 Å². The first kappa shape index (κ1) is 28.4. The van der Waals surface area contributed by atoms with Gasteiger partial charge in [0, 0.05) is 55.1 Å². The third-order valence-electron chi connectivity index (χ3n) is 7.17. The van der Waals surface area contributed by atoms with E-state index in [1.54, 1.807) is 24.3 Å². The van der Waals surface area contributed by atoms with E-state index in [0.717, 1.165) is 56.1 Å². The number of nitrogens with zero attached hydrogens (tertiary/aromatic N) is 3. The summed E-state index contributed by atoms with van der Waals surface area (Å²) in [6.07, 6.45) is 0. The van der Waals surface area contributed by atoms with Crippen molar-refractivity contribution in [3.05, 3.63) is 123 Å². The van der Waals surface area contributed by atoms with Crippen molar-refractivity contribution in [3.8, 4) is 11.1 Å². The zero-order chi connectivity index (χ0) is 29.1. The molecular formula is C30H27ClN4O5S. The Kier molecular flexibility index (Phi) is 8.18. The largest absolute Gasteiger partial charge is 0.369 e. The lowest BCUT2D eigenvalue weighted by molar-refractivity contribution is -0.385. The van der Waals surface area contributed by atoms with Crippen molar-refractivity contribution in [2.24, 2.45) is 5.14 Å². The molecule has 2 N–H and O–H groups in total. The molecule has 0 radical (unpaired) electrons. The molecule has 0 spiro atoms. The van der Waals surface area contributed by atoms with E-state index >= 15 is 0 Å². The third kappa shape index (κ3) is 6.31. The maximum absolute atomic E-state index is 13.2. The lowest BCUT2D eigenvalue weighted by Crippen LogP contribution is -2.46. The number of anilines is 1. The van der Waals surface area contributed by atoms with E-state index in [1.807, 2.05) is 36.4 Å². The minimum atomic E-state index is -4.36. The molecule has 0 aromatic heterocycles. The quantitative estimate of drug-likeness (QED) is 0.171. The van der Waals surface area contributed by atoms with Gasteiger partial charge in [-0.15, -0.1) is 0 Å². The van der Waals surface area contributed by atoms with Gasteiger partial charge in [-0.2, -0.15) is 0 Å². The second-order valence-electron chi connectivity index (χ2n) is 9.76. The average molecular weight is 591 g/mol. The number of rotatable bonds is 8. The van der Waals surface area contributed by atoms with E-state index in [1.165, 1.54) is 17.2 Å². The molecule has 0 atom stereocenters. The highest BCUT2D eigenvalue weighted by atomic mass is 35.5. The summed E-state index contributed by atoms with van der Waals surface area (Å²) in [4.78, 5) is 28.0. The highest BCUT2D eigenvalue weighted by molar-refractivity contribution is 7.89. The highest BCUT2D eigenvalue weighted by Crippen LogP contribution is 2.30. The molecule has 4 aromatic carbocycles. The van der Waals surface area contributed by atoms with E-state index in [9.17, 15) is 23.3 Å². The number of sulfonamides is 1. The molecule has 210 valence electrons. The van der Waals surface area contributed by atoms with Gasteiger partial charge in [-0.25, -0.2) is 13.6 Å². The van der Waals surface area contributed by atoms with Gasteiger partial charge in [0.05, 0.1) is 9.82 Å². The number of nitro groups is 1. The first-order valence-corrected chi connectivity index (χ1v) is 14.8. The van der Waals surface area contributed by atoms with Crippen molar-refractivity contribution < 1.29 is 18.1 Å². The Morgan fingerprint density at radius 2 is 1.54 bits per heavy atom. The van der Waals surface area contributed by atoms with Crippen molar-refractivity contribution in [2.75, 3.05) is 31.1 Å². The fourth-order valence-corrected chi connectivity index (χ4v) is 5.96. The summed E-state index contributed by atoms with van der Waals surface area (Å²) >= 11 is 6.07. The van der Waals surface area contributed by atoms with E-state index in [-0.39, 0.29) is 5.56 Å². The molecule has 0 saturated carbocycles. The van der Waals surface area contributed by atoms with Gasteiger partial charge in [0.15, 0.2) is 0 Å². The van der Waals surface area contributed by atoms with Crippen LogP contribution in [0, 0.1) is 10.1 Å². The average Bonchev–Trinajstić information content (AvgIpc) is 2.97. The smallest absolute Gasteiger partial charge is 0.281 e. The SMILES string of the molecule is NS(=O)(=O)c1cccc([N+](=O)[O-])c1C(=O)c1ccc(N2CCN(Cc3ccccc3-c3ccc(Cl)cc3)CC2)cc1. The van der Waals surface area contributed by atoms with E-state index in [2.05, 4.69) is 21.9 Å². The van der Waals surface area contributed by atoms with Gasteiger partial charge in [-0.3, -0.25) is 19.8 Å². The number of halogens is 1. The van der Waals surface area contributed by atoms with Gasteiger partial charge in [0.1, 0.15) is 5.56 Å². The van der Waals surface area contributed by atoms with Gasteiger partial charge in [0.25, 0.3) is 5.69 Å². The molecule has 1 heterocycles. The monoisotopic (exact) mass is 590 g/mol. The molecule has 41 heavy (non-hydrogen) atoms. The van der Waals surface area contributed by atoms with Crippen LogP contribution >= 0.6 is 11.6 Å². The van der Waals surface area contributed by atoms with Crippen LogP contribution in [0.1, 0.15) is 21.5 Å². The van der Waals surface area contributed by atoms with Crippen LogP contribution in [0.4, 0.5) is 11.4 Å². The summed E-state index contributed by atoms with van der Waals surface area (Å²) in [7, 11) is -4.36. The second kappa shape index (κ2) is 11.8. The number of hydrogen-bond acceptors (Lipinski definition) is 7. The number of carbonyl (C=O) groups excluding carboxylic acids is 1. The van der Waals surface area contributed by atoms with Crippen LogP contribution in [-0.4, -0.2) is 50.2 Å². The van der Waals surface area contributed by atoms with E-state index in [4.69, 9.17) is 16.7 Å². The zero-order valence-corrected chi connectivity index (χ0v) is 23.5. The molecule has 11 heteroatoms. The molecule has 1 aliphatic rings. The number of nitro benzene ring substituents is 1. The fraction of sp³-hybridized carbons (Fsp3) is 0.167. The Morgan fingerprint density at radius 3 is 2.17 bits per heavy atom. The molecule has 0 bridgehead atoms. The van der Waals surface area contributed by atoms with Crippen LogP contribution in [0.2, 0.25) is 5.02 Å². The number of nitrogens with two attached hydrogens (primary N) is 1. The first-order valence-electron chi connectivity index (χ1n) is 12.9. The van der Waals surface area contributed by atoms with Crippen LogP contribution in [0.5, 0.6) is 0 Å². The molecule has 1 aliphatic heterocycles. The Bertz CT molecular complexity index is 1700. The molecule has 0 aliphatic carbocycles. The van der Waals surface area contributed by atoms with Crippen molar-refractivity contribution in [1.29, 1.82) is 0 Å². The molecule has 1 fully saturated rings. The Hall–Kier alpha value is -4.09. The number of ketones is 1. The lowest BCUT2D eigenvalue weighted by Gasteiger charge is -2.36. The molecule has 5 rings (SSSR count). The number of benzene rings is 4. The van der Waals surface area contributed by atoms with Crippen LogP contribution in [0.15, 0.2) is 95.9 Å². The van der Waals surface area contributed by atoms with Gasteiger partial charge in [-0.05, 0) is 59.2 Å². The number of carbonyl (C=O) groups is 1. The molecular weight excluding hydrogens is 564 g/mol. The third-order valence-corrected chi connectivity index (χ3v) is 8.37. The lowest BCUT2D eigenvalue weighted by atomic mass is 9.99. The molecule has 0 amide bonds. The number of hydrogen-bond donors (Lipinski definition) is 1. The standard InChI is InChI=1S/C30H27ClN4O5S/c31-24-12-8-21(9-13-24)26-5-2-1-4-23(26)20-33-16-18-34(19-17-33)25-14-10-22(11-15-25)30(36)29-27(35(37)38)6-3-7-28(29)41(32,39)40/h1-15H,16-20H2,(H2,32,39,40). The fourth-order valence-electron chi connectivity index (χ4n) is 5.08. The van der Waals surface area contributed by atoms with Crippen molar-refractivity contribution >= 4 is 38.8 Å². The van der Waals surface area contributed by atoms with Gasteiger partial charge < -0.3 is 4.90 Å². The number of piperazine rings is 1. The summed E-state index contributed by atoms with van der Waals surface area (Å²) in [5.74, 6) is -0.781. The molecule has 1 saturated heterocycles. The summed E-state index contributed by atoms with van der Waals surface area (Å²) in [5.41, 5.74) is 3.41. The van der Waals surface area contributed by atoms with Gasteiger partial charge >= 0.3 is 0 Å². The van der Waals surface area contributed by atoms with Crippen molar-refractivity contribution in [2.45, 2.75) is 11.4 Å². The Morgan fingerprint density at radius 1 is 0.878 bits per heavy atom. The van der Waals surface area contributed by atoms with Crippen LogP contribution in [-0.2, 0) is 16.6 Å². The topological polar surface area (TPSA) is 127 Å². The summed E-state index contributed by atoms with van der Waals surface area (Å²) < 4.78 is 24.1. The minimum absolute atomic E-state index is 0.130. The van der Waals surface area contributed by atoms with E-state index < -0.39 is 36.9 Å². The predicted octanol–water partition coefficient (Wildman–Crippen LogP) is 5.12. The maximum atomic E-state index is 13.2. The second-order valence-corrected chi connectivity index (χ2v) is 11.7. The first-order chi connectivity index (χ1) is 19.6. The summed E-state index contributed by atoms with van der Waals surface area (Å²) in [6, 6.07) is 26.2. The summed E-state index contributed by atoms with van der Waals surface area (Å²) in [6.45, 7) is 4.03. The Balaban J connectivity index is 1.28. The molecule has 9 nitrogen and oxygen atoms in total. The van der Waals surface area contributed by atoms with Crippen LogP contribution in [0.3, 0.4) is 0 Å². The highest BCUT2D eigenvalue weighted by Gasteiger charge is 2.29. The van der Waals surface area contributed by atoms with Crippen molar-refractivity contribution in [1.82, 2.24) is 4.90 Å². The zero-order valence-electron chi connectivity index (χ0n) is 21.9.